The molecule has 41 heavy (non-hydrogen) atoms. The summed E-state index contributed by atoms with van der Waals surface area (Å²) < 4.78 is 5.68. The van der Waals surface area contributed by atoms with Gasteiger partial charge in [0.15, 0.2) is 5.78 Å². The van der Waals surface area contributed by atoms with Gasteiger partial charge in [0.1, 0.15) is 23.9 Å². The van der Waals surface area contributed by atoms with Crippen LogP contribution in [-0.2, 0) is 20.8 Å². The molecule has 2 saturated heterocycles. The van der Waals surface area contributed by atoms with Gasteiger partial charge in [-0.2, -0.15) is 0 Å². The van der Waals surface area contributed by atoms with Crippen molar-refractivity contribution in [2.45, 2.75) is 84.3 Å². The minimum atomic E-state index is -0.747. The summed E-state index contributed by atoms with van der Waals surface area (Å²) in [6.07, 6.45) is 6.52. The zero-order valence-corrected chi connectivity index (χ0v) is 26.0. The first-order valence-corrected chi connectivity index (χ1v) is 14.4. The van der Waals surface area contributed by atoms with Crippen molar-refractivity contribution in [3.63, 3.8) is 0 Å². The summed E-state index contributed by atoms with van der Waals surface area (Å²) in [5.74, 6) is 0.985. The highest BCUT2D eigenvalue weighted by molar-refractivity contribution is 5.97. The van der Waals surface area contributed by atoms with Gasteiger partial charge >= 0.3 is 0 Å². The average molecular weight is 589 g/mol. The summed E-state index contributed by atoms with van der Waals surface area (Å²) in [7, 11) is 3.30. The fourth-order valence-electron chi connectivity index (χ4n) is 5.68. The van der Waals surface area contributed by atoms with Crippen LogP contribution >= 0.6 is 12.4 Å². The van der Waals surface area contributed by atoms with Crippen LogP contribution in [0.2, 0.25) is 0 Å². The number of hydrogen-bond acceptors (Lipinski definition) is 8. The summed E-state index contributed by atoms with van der Waals surface area (Å²) in [6, 6.07) is 2.12. The number of piperidine rings is 1. The highest BCUT2D eigenvalue weighted by atomic mass is 35.5. The molecule has 10 nitrogen and oxygen atoms in total. The van der Waals surface area contributed by atoms with E-state index in [1.54, 1.807) is 32.3 Å². The molecule has 3 atom stereocenters. The second-order valence-corrected chi connectivity index (χ2v) is 12.1. The van der Waals surface area contributed by atoms with Crippen LogP contribution in [0.4, 0.5) is 5.82 Å². The van der Waals surface area contributed by atoms with Gasteiger partial charge in [0.05, 0.1) is 24.7 Å². The molecule has 2 aliphatic heterocycles. The lowest BCUT2D eigenvalue weighted by Crippen LogP contribution is -2.58. The Kier molecular flexibility index (Phi) is 10.9. The lowest BCUT2D eigenvalue weighted by molar-refractivity contribution is -0.143. The fourth-order valence-corrected chi connectivity index (χ4v) is 5.68. The molecule has 0 saturated carbocycles. The van der Waals surface area contributed by atoms with E-state index < -0.39 is 23.5 Å². The SMILES string of the molecule is CN[C@@H](C)C(=O)N[C@H](C(=O)N1CCC[C@H]1C(=O)Cc1cc2c(N3CCCCC3)ncnc2cc1OC)C(C)(C)C.Cl. The van der Waals surface area contributed by atoms with Gasteiger partial charge in [0.2, 0.25) is 11.8 Å². The number of benzene rings is 1. The second-order valence-electron chi connectivity index (χ2n) is 12.1. The molecule has 4 rings (SSSR count). The van der Waals surface area contributed by atoms with Gasteiger partial charge in [0.25, 0.3) is 0 Å². The number of nitrogens with zero attached hydrogens (tertiary/aromatic N) is 4. The highest BCUT2D eigenvalue weighted by Crippen LogP contribution is 2.33. The van der Waals surface area contributed by atoms with E-state index >= 15 is 0 Å². The number of aromatic nitrogens is 2. The number of anilines is 1. The second kappa shape index (κ2) is 13.8. The number of hydrogen-bond donors (Lipinski definition) is 2. The number of ether oxygens (including phenoxy) is 1. The Morgan fingerprint density at radius 1 is 1.07 bits per heavy atom. The Labute approximate surface area is 249 Å². The van der Waals surface area contributed by atoms with E-state index in [2.05, 4.69) is 25.5 Å². The molecular formula is C30H45ClN6O4. The van der Waals surface area contributed by atoms with E-state index in [0.29, 0.717) is 18.7 Å². The smallest absolute Gasteiger partial charge is 0.246 e. The number of ketones is 1. The Bertz CT molecular complexity index is 1240. The third kappa shape index (κ3) is 7.27. The number of fused-ring (bicyclic) bond motifs is 1. The molecule has 0 aliphatic carbocycles. The number of rotatable bonds is 9. The number of amides is 2. The minimum Gasteiger partial charge on any atom is -0.496 e. The molecule has 1 aromatic carbocycles. The Morgan fingerprint density at radius 2 is 1.78 bits per heavy atom. The van der Waals surface area contributed by atoms with Crippen LogP contribution < -0.4 is 20.3 Å². The molecule has 3 heterocycles. The van der Waals surface area contributed by atoms with E-state index in [1.165, 1.54) is 6.42 Å². The maximum absolute atomic E-state index is 13.8. The van der Waals surface area contributed by atoms with Gasteiger partial charge < -0.3 is 25.2 Å². The number of Topliss-reactive ketones (excluding diaryl/α,β-unsaturated/α-hetero) is 1. The number of likely N-dealkylation sites (N-methyl/N-ethyl adjacent to an activating group) is 1. The number of halogens is 1. The quantitative estimate of drug-likeness (QED) is 0.458. The highest BCUT2D eigenvalue weighted by Gasteiger charge is 2.42. The largest absolute Gasteiger partial charge is 0.496 e. The number of likely N-dealkylation sites (tertiary alicyclic amines) is 1. The van der Waals surface area contributed by atoms with Crippen LogP contribution in [0, 0.1) is 5.41 Å². The van der Waals surface area contributed by atoms with Gasteiger partial charge in [-0.25, -0.2) is 9.97 Å². The maximum Gasteiger partial charge on any atom is 0.246 e. The van der Waals surface area contributed by atoms with Crippen LogP contribution in [-0.4, -0.2) is 84.4 Å². The van der Waals surface area contributed by atoms with E-state index in [4.69, 9.17) is 4.74 Å². The molecule has 1 aromatic heterocycles. The monoisotopic (exact) mass is 588 g/mol. The zero-order valence-electron chi connectivity index (χ0n) is 25.2. The van der Waals surface area contributed by atoms with Crippen molar-refractivity contribution in [2.75, 3.05) is 38.7 Å². The molecule has 2 amide bonds. The summed E-state index contributed by atoms with van der Waals surface area (Å²) in [4.78, 5) is 53.3. The van der Waals surface area contributed by atoms with Crippen molar-refractivity contribution in [3.8, 4) is 5.75 Å². The van der Waals surface area contributed by atoms with E-state index in [9.17, 15) is 14.4 Å². The molecular weight excluding hydrogens is 544 g/mol. The Balaban J connectivity index is 0.00000462. The van der Waals surface area contributed by atoms with Gasteiger partial charge in [-0.15, -0.1) is 12.4 Å². The zero-order chi connectivity index (χ0) is 29.0. The molecule has 0 unspecified atom stereocenters. The van der Waals surface area contributed by atoms with Crippen molar-refractivity contribution in [1.82, 2.24) is 25.5 Å². The number of carbonyl (C=O) groups excluding carboxylic acids is 3. The lowest BCUT2D eigenvalue weighted by Gasteiger charge is -2.36. The van der Waals surface area contributed by atoms with Crippen LogP contribution in [0.3, 0.4) is 0 Å². The summed E-state index contributed by atoms with van der Waals surface area (Å²) in [5, 5.41) is 6.75. The van der Waals surface area contributed by atoms with Gasteiger partial charge in [-0.3, -0.25) is 14.4 Å². The van der Waals surface area contributed by atoms with Crippen molar-refractivity contribution in [1.29, 1.82) is 0 Å². The standard InChI is InChI=1S/C30H44N6O4.ClH/c1-19(31-5)28(38)34-26(30(2,3)4)29(39)36-14-10-11-23(36)24(37)16-20-15-21-22(17-25(20)40-6)32-18-33-27(21)35-12-8-7-9-13-35;/h15,17-19,23,26,31H,7-14,16H2,1-6H3,(H,34,38);1H/t19-,23-,26+;/m0./s1. The van der Waals surface area contributed by atoms with Gasteiger partial charge in [-0.05, 0) is 57.6 Å². The van der Waals surface area contributed by atoms with Crippen LogP contribution in [0.15, 0.2) is 18.5 Å². The fraction of sp³-hybridized carbons (Fsp3) is 0.633. The third-order valence-corrected chi connectivity index (χ3v) is 8.17. The molecule has 2 fully saturated rings. The lowest BCUT2D eigenvalue weighted by atomic mass is 9.85. The minimum absolute atomic E-state index is 0. The van der Waals surface area contributed by atoms with Crippen LogP contribution in [0.1, 0.15) is 65.4 Å². The van der Waals surface area contributed by atoms with Gasteiger partial charge in [0, 0.05) is 43.1 Å². The predicted octanol–water partition coefficient (Wildman–Crippen LogP) is 3.29. The number of carbonyl (C=O) groups is 3. The molecule has 11 heteroatoms. The summed E-state index contributed by atoms with van der Waals surface area (Å²) in [5.41, 5.74) is 1.01. The molecule has 0 bridgehead atoms. The van der Waals surface area contributed by atoms with E-state index in [0.717, 1.165) is 54.6 Å². The van der Waals surface area contributed by atoms with Crippen LogP contribution in [0.25, 0.3) is 10.9 Å². The van der Waals surface area contributed by atoms with Crippen molar-refractivity contribution >= 4 is 46.7 Å². The molecule has 0 spiro atoms. The van der Waals surface area contributed by atoms with Gasteiger partial charge in [-0.1, -0.05) is 20.8 Å². The van der Waals surface area contributed by atoms with Crippen molar-refractivity contribution in [2.24, 2.45) is 5.41 Å². The average Bonchev–Trinajstić information content (AvgIpc) is 3.44. The van der Waals surface area contributed by atoms with E-state index in [-0.39, 0.29) is 36.4 Å². The first-order chi connectivity index (χ1) is 19.0. The molecule has 2 aliphatic rings. The molecule has 2 aromatic rings. The van der Waals surface area contributed by atoms with E-state index in [1.807, 2.05) is 32.9 Å². The topological polar surface area (TPSA) is 117 Å². The summed E-state index contributed by atoms with van der Waals surface area (Å²) >= 11 is 0. The first kappa shape index (κ1) is 32.5. The van der Waals surface area contributed by atoms with Crippen molar-refractivity contribution in [3.05, 3.63) is 24.0 Å². The third-order valence-electron chi connectivity index (χ3n) is 8.17. The normalized spacial score (nSPS) is 18.9. The number of nitrogens with one attached hydrogen (secondary N) is 2. The molecule has 0 radical (unpaired) electrons. The Hall–Kier alpha value is -2.98. The molecule has 2 N–H and O–H groups in total. The predicted molar refractivity (Wildman–Crippen MR) is 163 cm³/mol. The molecule has 226 valence electrons. The maximum atomic E-state index is 13.8. The first-order valence-electron chi connectivity index (χ1n) is 14.4. The number of methoxy groups -OCH3 is 1. The Morgan fingerprint density at radius 3 is 2.41 bits per heavy atom. The van der Waals surface area contributed by atoms with Crippen LogP contribution in [0.5, 0.6) is 5.75 Å². The summed E-state index contributed by atoms with van der Waals surface area (Å²) in [6.45, 7) is 9.91. The van der Waals surface area contributed by atoms with Crippen molar-refractivity contribution < 1.29 is 19.1 Å².